The zero-order chi connectivity index (χ0) is 21.1. The predicted molar refractivity (Wildman–Crippen MR) is 109 cm³/mol. The Kier molecular flexibility index (Phi) is 6.48. The van der Waals surface area contributed by atoms with Crippen LogP contribution in [0.5, 0.6) is 0 Å². The molecule has 0 atom stereocenters. The average molecular weight is 426 g/mol. The molecule has 0 fully saturated rings. The summed E-state index contributed by atoms with van der Waals surface area (Å²) in [6.07, 6.45) is 1.47. The van der Waals surface area contributed by atoms with Gasteiger partial charge in [-0.2, -0.15) is 0 Å². The number of carbonyl (C=O) groups excluding carboxylic acids is 1. The number of sulfonamides is 2. The molecule has 0 aliphatic heterocycles. The Morgan fingerprint density at radius 2 is 1.75 bits per heavy atom. The predicted octanol–water partition coefficient (Wildman–Crippen LogP) is 1.61. The van der Waals surface area contributed by atoms with Gasteiger partial charge in [0.05, 0.1) is 16.8 Å². The molecule has 0 heterocycles. The van der Waals surface area contributed by atoms with Crippen LogP contribution < -0.4 is 14.8 Å². The van der Waals surface area contributed by atoms with E-state index < -0.39 is 32.5 Å². The van der Waals surface area contributed by atoms with Gasteiger partial charge in [0.15, 0.2) is 0 Å². The number of primary sulfonamides is 1. The Morgan fingerprint density at radius 3 is 2.29 bits per heavy atom. The minimum absolute atomic E-state index is 0.0772. The van der Waals surface area contributed by atoms with Crippen molar-refractivity contribution in [3.8, 4) is 0 Å². The summed E-state index contributed by atoms with van der Waals surface area (Å²) in [5, 5.41) is 7.77. The number of rotatable bonds is 7. The van der Waals surface area contributed by atoms with Crippen molar-refractivity contribution in [1.82, 2.24) is 0 Å². The number of hydrogen-bond donors (Lipinski definition) is 2. The van der Waals surface area contributed by atoms with Gasteiger partial charge in [0, 0.05) is 5.69 Å². The topological polar surface area (TPSA) is 127 Å². The summed E-state index contributed by atoms with van der Waals surface area (Å²) in [7, 11) is -7.67. The Bertz CT molecular complexity index is 1100. The van der Waals surface area contributed by atoms with Crippen molar-refractivity contribution >= 4 is 37.3 Å². The van der Waals surface area contributed by atoms with Crippen LogP contribution in [0.3, 0.4) is 0 Å². The monoisotopic (exact) mass is 425 g/mol. The smallest absolute Gasteiger partial charge is 0.245 e. The van der Waals surface area contributed by atoms with Crippen molar-refractivity contribution in [2.24, 2.45) is 5.14 Å². The lowest BCUT2D eigenvalue weighted by molar-refractivity contribution is -0.114. The van der Waals surface area contributed by atoms with Crippen molar-refractivity contribution < 1.29 is 21.6 Å². The first-order valence-electron chi connectivity index (χ1n) is 8.42. The number of para-hydroxylation sites is 1. The highest BCUT2D eigenvalue weighted by Crippen LogP contribution is 2.23. The third kappa shape index (κ3) is 5.31. The van der Waals surface area contributed by atoms with Gasteiger partial charge in [0.2, 0.25) is 26.0 Å². The molecule has 2 rings (SSSR count). The van der Waals surface area contributed by atoms with Crippen LogP contribution >= 0.6 is 0 Å². The lowest BCUT2D eigenvalue weighted by Gasteiger charge is -2.23. The second-order valence-corrected chi connectivity index (χ2v) is 9.76. The minimum Gasteiger partial charge on any atom is -0.324 e. The molecule has 28 heavy (non-hydrogen) atoms. The fourth-order valence-corrected chi connectivity index (χ4v) is 4.53. The fourth-order valence-electron chi connectivity index (χ4n) is 2.74. The molecule has 2 aromatic carbocycles. The molecule has 0 saturated carbocycles. The van der Waals surface area contributed by atoms with Crippen molar-refractivity contribution in [3.63, 3.8) is 0 Å². The zero-order valence-corrected chi connectivity index (χ0v) is 17.5. The van der Waals surface area contributed by atoms with E-state index in [1.54, 1.807) is 50.2 Å². The number of amides is 1. The minimum atomic E-state index is -3.96. The largest absolute Gasteiger partial charge is 0.324 e. The highest BCUT2D eigenvalue weighted by Gasteiger charge is 2.22. The lowest BCUT2D eigenvalue weighted by Crippen LogP contribution is -2.37. The summed E-state index contributed by atoms with van der Waals surface area (Å²) in [5.74, 6) is -0.613. The second kappa shape index (κ2) is 8.29. The van der Waals surface area contributed by atoms with Gasteiger partial charge in [-0.25, -0.2) is 22.0 Å². The number of nitrogens with zero attached hydrogens (tertiary/aromatic N) is 1. The zero-order valence-electron chi connectivity index (χ0n) is 15.8. The first kappa shape index (κ1) is 21.9. The molecule has 0 unspecified atom stereocenters. The number of carbonyl (C=O) groups is 1. The normalized spacial score (nSPS) is 11.9. The Morgan fingerprint density at radius 1 is 1.11 bits per heavy atom. The molecule has 0 radical (unpaired) electrons. The number of nitrogens with one attached hydrogen (secondary N) is 1. The highest BCUT2D eigenvalue weighted by molar-refractivity contribution is 7.92. The van der Waals surface area contributed by atoms with Crippen LogP contribution in [0.25, 0.3) is 0 Å². The maximum atomic E-state index is 12.5. The van der Waals surface area contributed by atoms with Gasteiger partial charge in [-0.05, 0) is 42.7 Å². The van der Waals surface area contributed by atoms with Crippen molar-refractivity contribution in [2.75, 3.05) is 22.4 Å². The quantitative estimate of drug-likeness (QED) is 0.697. The first-order valence-corrected chi connectivity index (χ1v) is 11.8. The molecule has 0 saturated heterocycles. The van der Waals surface area contributed by atoms with Gasteiger partial charge >= 0.3 is 0 Å². The van der Waals surface area contributed by atoms with Gasteiger partial charge in [-0.15, -0.1) is 0 Å². The maximum absolute atomic E-state index is 12.5. The molecule has 1 amide bonds. The van der Waals surface area contributed by atoms with Gasteiger partial charge in [-0.3, -0.25) is 9.10 Å². The van der Waals surface area contributed by atoms with Crippen LogP contribution in [0, 0.1) is 6.92 Å². The van der Waals surface area contributed by atoms with E-state index in [1.807, 2.05) is 0 Å². The standard InChI is InChI=1S/C18H23N3O5S2/c1-4-14-9-10-15(11-17(14)28(19,25)26)20-18(22)12-21(27(3,23)24)16-8-6-5-7-13(16)2/h5-11H,4,12H2,1-3H3,(H,20,22)(H2,19,25,26). The molecule has 0 aromatic heterocycles. The van der Waals surface area contributed by atoms with Crippen LogP contribution in [0.4, 0.5) is 11.4 Å². The molecule has 0 bridgehead atoms. The highest BCUT2D eigenvalue weighted by atomic mass is 32.2. The first-order chi connectivity index (χ1) is 12.9. The third-order valence-electron chi connectivity index (χ3n) is 4.11. The molecular weight excluding hydrogens is 402 g/mol. The van der Waals surface area contributed by atoms with E-state index in [0.29, 0.717) is 23.2 Å². The Labute approximate surface area is 165 Å². The number of nitrogens with two attached hydrogens (primary N) is 1. The van der Waals surface area contributed by atoms with E-state index in [4.69, 9.17) is 5.14 Å². The van der Waals surface area contributed by atoms with Crippen LogP contribution in [-0.4, -0.2) is 35.5 Å². The van der Waals surface area contributed by atoms with E-state index in [1.165, 1.54) is 6.07 Å². The molecule has 0 spiro atoms. The summed E-state index contributed by atoms with van der Waals surface area (Å²) < 4.78 is 48.9. The van der Waals surface area contributed by atoms with E-state index in [0.717, 1.165) is 10.6 Å². The van der Waals surface area contributed by atoms with E-state index in [2.05, 4.69) is 5.32 Å². The molecule has 2 aromatic rings. The van der Waals surface area contributed by atoms with Crippen LogP contribution in [-0.2, 0) is 31.3 Å². The Hall–Kier alpha value is -2.43. The molecule has 3 N–H and O–H groups in total. The SMILES string of the molecule is CCc1ccc(NC(=O)CN(c2ccccc2C)S(C)(=O)=O)cc1S(N)(=O)=O. The van der Waals surface area contributed by atoms with Gasteiger partial charge in [-0.1, -0.05) is 31.2 Å². The molecule has 8 nitrogen and oxygen atoms in total. The summed E-state index contributed by atoms with van der Waals surface area (Å²) in [4.78, 5) is 12.4. The molecule has 0 aliphatic carbocycles. The fraction of sp³-hybridized carbons (Fsp3) is 0.278. The van der Waals surface area contributed by atoms with Gasteiger partial charge < -0.3 is 5.32 Å². The summed E-state index contributed by atoms with van der Waals surface area (Å²) >= 11 is 0. The number of benzene rings is 2. The summed E-state index contributed by atoms with van der Waals surface area (Å²) in [6.45, 7) is 3.08. The number of aryl methyl sites for hydroxylation is 2. The molecule has 10 heteroatoms. The third-order valence-corrected chi connectivity index (χ3v) is 6.23. The Balaban J connectivity index is 2.31. The lowest BCUT2D eigenvalue weighted by atomic mass is 10.1. The second-order valence-electron chi connectivity index (χ2n) is 6.33. The molecule has 0 aliphatic rings. The van der Waals surface area contributed by atoms with Gasteiger partial charge in [0.25, 0.3) is 0 Å². The summed E-state index contributed by atoms with van der Waals surface area (Å²) in [6, 6.07) is 11.2. The van der Waals surface area contributed by atoms with Crippen LogP contribution in [0.2, 0.25) is 0 Å². The number of anilines is 2. The van der Waals surface area contributed by atoms with E-state index >= 15 is 0 Å². The average Bonchev–Trinajstić information content (AvgIpc) is 2.59. The van der Waals surface area contributed by atoms with E-state index in [9.17, 15) is 21.6 Å². The molecular formula is C18H23N3O5S2. The van der Waals surface area contributed by atoms with Crippen molar-refractivity contribution in [3.05, 3.63) is 53.6 Å². The van der Waals surface area contributed by atoms with E-state index in [-0.39, 0.29) is 10.6 Å². The van der Waals surface area contributed by atoms with Crippen LogP contribution in [0.1, 0.15) is 18.1 Å². The van der Waals surface area contributed by atoms with Crippen LogP contribution in [0.15, 0.2) is 47.4 Å². The van der Waals surface area contributed by atoms with Crippen molar-refractivity contribution in [2.45, 2.75) is 25.2 Å². The number of hydrogen-bond acceptors (Lipinski definition) is 5. The summed E-state index contributed by atoms with van der Waals surface area (Å²) in [5.41, 5.74) is 1.83. The maximum Gasteiger partial charge on any atom is 0.245 e. The molecule has 152 valence electrons. The van der Waals surface area contributed by atoms with Gasteiger partial charge in [0.1, 0.15) is 6.54 Å². The van der Waals surface area contributed by atoms with Crippen molar-refractivity contribution in [1.29, 1.82) is 0 Å².